The SMILES string of the molecule is CC(C)c1cc(C2CCCN2Cc2ccc(N(C)C)cc2)on1. The zero-order chi connectivity index (χ0) is 16.4. The number of likely N-dealkylation sites (tertiary alicyclic amines) is 1. The van der Waals surface area contributed by atoms with Crippen molar-refractivity contribution in [3.63, 3.8) is 0 Å². The van der Waals surface area contributed by atoms with Crippen LogP contribution in [0.2, 0.25) is 0 Å². The molecular formula is C19H27N3O. The highest BCUT2D eigenvalue weighted by Gasteiger charge is 2.29. The summed E-state index contributed by atoms with van der Waals surface area (Å²) in [7, 11) is 4.14. The molecule has 1 saturated heterocycles. The molecule has 0 amide bonds. The average Bonchev–Trinajstić information content (AvgIpc) is 3.16. The zero-order valence-electron chi connectivity index (χ0n) is 14.6. The van der Waals surface area contributed by atoms with E-state index in [4.69, 9.17) is 4.52 Å². The van der Waals surface area contributed by atoms with Crippen molar-refractivity contribution >= 4 is 5.69 Å². The molecule has 4 heteroatoms. The van der Waals surface area contributed by atoms with Gasteiger partial charge in [0.15, 0.2) is 5.76 Å². The predicted octanol–water partition coefficient (Wildman–Crippen LogP) is 4.20. The Morgan fingerprint density at radius 2 is 2.00 bits per heavy atom. The van der Waals surface area contributed by atoms with Gasteiger partial charge in [-0.25, -0.2) is 0 Å². The molecule has 1 fully saturated rings. The van der Waals surface area contributed by atoms with Crippen molar-refractivity contribution in [2.45, 2.75) is 45.2 Å². The first-order chi connectivity index (χ1) is 11.0. The molecule has 0 radical (unpaired) electrons. The minimum Gasteiger partial charge on any atom is -0.378 e. The van der Waals surface area contributed by atoms with E-state index >= 15 is 0 Å². The second kappa shape index (κ2) is 6.75. The van der Waals surface area contributed by atoms with Crippen molar-refractivity contribution in [3.05, 3.63) is 47.3 Å². The Labute approximate surface area is 139 Å². The van der Waals surface area contributed by atoms with Crippen LogP contribution in [0.5, 0.6) is 0 Å². The van der Waals surface area contributed by atoms with E-state index in [1.54, 1.807) is 0 Å². The Bertz CT molecular complexity index is 630. The van der Waals surface area contributed by atoms with Gasteiger partial charge in [-0.15, -0.1) is 0 Å². The Morgan fingerprint density at radius 3 is 2.61 bits per heavy atom. The summed E-state index contributed by atoms with van der Waals surface area (Å²) in [5.74, 6) is 1.44. The maximum atomic E-state index is 5.63. The number of hydrogen-bond donors (Lipinski definition) is 0. The Morgan fingerprint density at radius 1 is 1.26 bits per heavy atom. The van der Waals surface area contributed by atoms with Gasteiger partial charge in [0.25, 0.3) is 0 Å². The zero-order valence-corrected chi connectivity index (χ0v) is 14.6. The molecule has 1 aliphatic heterocycles. The third-order valence-corrected chi connectivity index (χ3v) is 4.67. The maximum Gasteiger partial charge on any atom is 0.154 e. The number of anilines is 1. The van der Waals surface area contributed by atoms with Crippen molar-refractivity contribution in [2.75, 3.05) is 25.5 Å². The van der Waals surface area contributed by atoms with Gasteiger partial charge in [0.05, 0.1) is 11.7 Å². The van der Waals surface area contributed by atoms with Crippen LogP contribution >= 0.6 is 0 Å². The smallest absolute Gasteiger partial charge is 0.154 e. The van der Waals surface area contributed by atoms with E-state index in [2.05, 4.69) is 73.2 Å². The third kappa shape index (κ3) is 3.58. The normalized spacial score (nSPS) is 18.7. The predicted molar refractivity (Wildman–Crippen MR) is 93.7 cm³/mol. The highest BCUT2D eigenvalue weighted by molar-refractivity contribution is 5.46. The van der Waals surface area contributed by atoms with Gasteiger partial charge in [-0.2, -0.15) is 0 Å². The highest BCUT2D eigenvalue weighted by Crippen LogP contribution is 2.34. The number of hydrogen-bond acceptors (Lipinski definition) is 4. The van der Waals surface area contributed by atoms with Gasteiger partial charge in [0, 0.05) is 32.4 Å². The molecule has 4 nitrogen and oxygen atoms in total. The molecule has 1 aliphatic rings. The van der Waals surface area contributed by atoms with Crippen LogP contribution in [0.1, 0.15) is 55.7 Å². The molecule has 1 unspecified atom stereocenters. The second-order valence-electron chi connectivity index (χ2n) is 7.00. The fourth-order valence-electron chi connectivity index (χ4n) is 3.20. The Kier molecular flexibility index (Phi) is 4.71. The first kappa shape index (κ1) is 16.1. The molecule has 0 aliphatic carbocycles. The van der Waals surface area contributed by atoms with E-state index < -0.39 is 0 Å². The molecule has 1 atom stereocenters. The van der Waals surface area contributed by atoms with Crippen molar-refractivity contribution in [1.29, 1.82) is 0 Å². The van der Waals surface area contributed by atoms with Crippen molar-refractivity contribution in [2.24, 2.45) is 0 Å². The van der Waals surface area contributed by atoms with Crippen LogP contribution < -0.4 is 4.90 Å². The van der Waals surface area contributed by atoms with E-state index in [9.17, 15) is 0 Å². The number of aromatic nitrogens is 1. The van der Waals surface area contributed by atoms with Gasteiger partial charge in [-0.3, -0.25) is 4.90 Å². The summed E-state index contributed by atoms with van der Waals surface area (Å²) in [4.78, 5) is 4.64. The summed E-state index contributed by atoms with van der Waals surface area (Å²) < 4.78 is 5.63. The van der Waals surface area contributed by atoms with Gasteiger partial charge in [-0.1, -0.05) is 31.1 Å². The summed E-state index contributed by atoms with van der Waals surface area (Å²) in [6.07, 6.45) is 2.38. The lowest BCUT2D eigenvalue weighted by Crippen LogP contribution is -2.22. The molecule has 1 aromatic carbocycles. The van der Waals surface area contributed by atoms with Gasteiger partial charge in [0.1, 0.15) is 0 Å². The maximum absolute atomic E-state index is 5.63. The molecular weight excluding hydrogens is 286 g/mol. The minimum absolute atomic E-state index is 0.364. The Hall–Kier alpha value is -1.81. The van der Waals surface area contributed by atoms with E-state index in [0.717, 1.165) is 31.0 Å². The van der Waals surface area contributed by atoms with Crippen LogP contribution in [0, 0.1) is 0 Å². The number of benzene rings is 1. The topological polar surface area (TPSA) is 32.5 Å². The van der Waals surface area contributed by atoms with Crippen LogP contribution in [0.3, 0.4) is 0 Å². The summed E-state index contributed by atoms with van der Waals surface area (Å²) in [5.41, 5.74) is 3.65. The molecule has 3 rings (SSSR count). The average molecular weight is 313 g/mol. The second-order valence-corrected chi connectivity index (χ2v) is 7.00. The summed E-state index contributed by atoms with van der Waals surface area (Å²) in [6, 6.07) is 11.3. The Balaban J connectivity index is 1.71. The molecule has 1 aromatic heterocycles. The molecule has 2 aromatic rings. The lowest BCUT2D eigenvalue weighted by Gasteiger charge is -2.22. The first-order valence-corrected chi connectivity index (χ1v) is 8.51. The van der Waals surface area contributed by atoms with Crippen molar-refractivity contribution in [1.82, 2.24) is 10.1 Å². The van der Waals surface area contributed by atoms with Gasteiger partial charge in [0.2, 0.25) is 0 Å². The van der Waals surface area contributed by atoms with Crippen LogP contribution in [0.15, 0.2) is 34.9 Å². The lowest BCUT2D eigenvalue weighted by atomic mass is 10.1. The highest BCUT2D eigenvalue weighted by atomic mass is 16.5. The third-order valence-electron chi connectivity index (χ3n) is 4.67. The van der Waals surface area contributed by atoms with E-state index in [-0.39, 0.29) is 0 Å². The molecule has 0 bridgehead atoms. The van der Waals surface area contributed by atoms with Crippen molar-refractivity contribution in [3.8, 4) is 0 Å². The molecule has 23 heavy (non-hydrogen) atoms. The first-order valence-electron chi connectivity index (χ1n) is 8.51. The van der Waals surface area contributed by atoms with Gasteiger partial charge >= 0.3 is 0 Å². The molecule has 2 heterocycles. The largest absolute Gasteiger partial charge is 0.378 e. The minimum atomic E-state index is 0.364. The monoisotopic (exact) mass is 313 g/mol. The number of rotatable bonds is 5. The van der Waals surface area contributed by atoms with Crippen LogP contribution in [-0.4, -0.2) is 30.7 Å². The van der Waals surface area contributed by atoms with E-state index in [0.29, 0.717) is 12.0 Å². The standard InChI is InChI=1S/C19H27N3O/c1-14(2)17-12-19(23-20-17)18-6-5-11-22(18)13-15-7-9-16(10-8-15)21(3)4/h7-10,12,14,18H,5-6,11,13H2,1-4H3. The van der Waals surface area contributed by atoms with Gasteiger partial charge in [-0.05, 0) is 43.0 Å². The van der Waals surface area contributed by atoms with Crippen LogP contribution in [0.4, 0.5) is 5.69 Å². The fourth-order valence-corrected chi connectivity index (χ4v) is 3.20. The summed E-state index contributed by atoms with van der Waals surface area (Å²) in [6.45, 7) is 6.40. The summed E-state index contributed by atoms with van der Waals surface area (Å²) >= 11 is 0. The van der Waals surface area contributed by atoms with Crippen LogP contribution in [-0.2, 0) is 6.54 Å². The van der Waals surface area contributed by atoms with Gasteiger partial charge < -0.3 is 9.42 Å². The summed E-state index contributed by atoms with van der Waals surface area (Å²) in [5, 5.41) is 4.23. The van der Waals surface area contributed by atoms with Crippen molar-refractivity contribution < 1.29 is 4.52 Å². The number of nitrogens with zero attached hydrogens (tertiary/aromatic N) is 3. The quantitative estimate of drug-likeness (QED) is 0.828. The molecule has 0 N–H and O–H groups in total. The molecule has 124 valence electrons. The lowest BCUT2D eigenvalue weighted by molar-refractivity contribution is 0.206. The molecule has 0 spiro atoms. The fraction of sp³-hybridized carbons (Fsp3) is 0.526. The van der Waals surface area contributed by atoms with E-state index in [1.165, 1.54) is 17.7 Å². The molecule has 0 saturated carbocycles. The van der Waals surface area contributed by atoms with Crippen LogP contribution in [0.25, 0.3) is 0 Å². The van der Waals surface area contributed by atoms with E-state index in [1.807, 2.05) is 0 Å².